The molecule has 0 saturated heterocycles. The highest BCUT2D eigenvalue weighted by Gasteiger charge is 2.01. The molecule has 80 valence electrons. The van der Waals surface area contributed by atoms with Gasteiger partial charge < -0.3 is 14.4 Å². The lowest BCUT2D eigenvalue weighted by atomic mass is 10.4. The van der Waals surface area contributed by atoms with Crippen LogP contribution in [0.4, 0.5) is 0 Å². The van der Waals surface area contributed by atoms with Crippen molar-refractivity contribution in [1.29, 1.82) is 0 Å². The second kappa shape index (κ2) is 4.27. The standard InChI is InChI=1S/C10H14N4O/c1-8-12-10(13-15-8)7-11-6-9-4-3-5-14(9)2/h3-5,11H,6-7H2,1-2H3. The first-order chi connectivity index (χ1) is 7.25. The van der Waals surface area contributed by atoms with Crippen LogP contribution in [0.1, 0.15) is 17.4 Å². The Morgan fingerprint density at radius 3 is 2.93 bits per heavy atom. The Morgan fingerprint density at radius 1 is 1.47 bits per heavy atom. The van der Waals surface area contributed by atoms with E-state index in [1.807, 2.05) is 19.3 Å². The third-order valence-electron chi connectivity index (χ3n) is 2.21. The summed E-state index contributed by atoms with van der Waals surface area (Å²) >= 11 is 0. The maximum atomic E-state index is 4.87. The molecule has 1 N–H and O–H groups in total. The highest BCUT2D eigenvalue weighted by molar-refractivity contribution is 5.06. The van der Waals surface area contributed by atoms with Crippen LogP contribution in [0, 0.1) is 6.92 Å². The van der Waals surface area contributed by atoms with Gasteiger partial charge in [0.1, 0.15) is 0 Å². The van der Waals surface area contributed by atoms with Gasteiger partial charge in [0.2, 0.25) is 5.89 Å². The molecule has 2 aromatic rings. The van der Waals surface area contributed by atoms with E-state index in [1.54, 1.807) is 6.92 Å². The normalized spacial score (nSPS) is 10.8. The lowest BCUT2D eigenvalue weighted by Gasteiger charge is -2.03. The zero-order valence-electron chi connectivity index (χ0n) is 8.90. The van der Waals surface area contributed by atoms with Gasteiger partial charge in [-0.2, -0.15) is 4.98 Å². The molecule has 0 aliphatic carbocycles. The third kappa shape index (κ3) is 2.44. The first-order valence-electron chi connectivity index (χ1n) is 4.86. The molecule has 0 amide bonds. The van der Waals surface area contributed by atoms with Crippen molar-refractivity contribution in [3.8, 4) is 0 Å². The van der Waals surface area contributed by atoms with Gasteiger partial charge in [0.25, 0.3) is 0 Å². The average molecular weight is 206 g/mol. The average Bonchev–Trinajstić information content (AvgIpc) is 2.77. The van der Waals surface area contributed by atoms with E-state index in [1.165, 1.54) is 5.69 Å². The Kier molecular flexibility index (Phi) is 2.82. The summed E-state index contributed by atoms with van der Waals surface area (Å²) in [5.41, 5.74) is 1.23. The predicted octanol–water partition coefficient (Wildman–Crippen LogP) is 1.01. The van der Waals surface area contributed by atoms with E-state index in [-0.39, 0.29) is 0 Å². The molecule has 0 spiro atoms. The van der Waals surface area contributed by atoms with E-state index in [4.69, 9.17) is 4.52 Å². The summed E-state index contributed by atoms with van der Waals surface area (Å²) < 4.78 is 6.95. The monoisotopic (exact) mass is 206 g/mol. The first-order valence-corrected chi connectivity index (χ1v) is 4.86. The van der Waals surface area contributed by atoms with Crippen molar-refractivity contribution in [2.24, 2.45) is 7.05 Å². The zero-order valence-corrected chi connectivity index (χ0v) is 8.90. The lowest BCUT2D eigenvalue weighted by Crippen LogP contribution is -2.15. The number of hydrogen-bond donors (Lipinski definition) is 1. The zero-order chi connectivity index (χ0) is 10.7. The Balaban J connectivity index is 1.83. The van der Waals surface area contributed by atoms with Crippen molar-refractivity contribution in [2.75, 3.05) is 0 Å². The van der Waals surface area contributed by atoms with Crippen molar-refractivity contribution < 1.29 is 4.52 Å². The SMILES string of the molecule is Cc1nc(CNCc2cccn2C)no1. The molecule has 2 aromatic heterocycles. The molecular formula is C10H14N4O. The topological polar surface area (TPSA) is 55.9 Å². The van der Waals surface area contributed by atoms with Gasteiger partial charge in [0.15, 0.2) is 5.82 Å². The molecule has 5 nitrogen and oxygen atoms in total. The molecule has 15 heavy (non-hydrogen) atoms. The summed E-state index contributed by atoms with van der Waals surface area (Å²) in [4.78, 5) is 4.10. The lowest BCUT2D eigenvalue weighted by molar-refractivity contribution is 0.385. The fourth-order valence-electron chi connectivity index (χ4n) is 1.40. The summed E-state index contributed by atoms with van der Waals surface area (Å²) in [6.45, 7) is 3.22. The van der Waals surface area contributed by atoms with Gasteiger partial charge in [-0.1, -0.05) is 5.16 Å². The molecule has 0 saturated carbocycles. The number of aryl methyl sites for hydroxylation is 2. The largest absolute Gasteiger partial charge is 0.353 e. The van der Waals surface area contributed by atoms with Crippen LogP contribution in [0.5, 0.6) is 0 Å². The van der Waals surface area contributed by atoms with Crippen LogP contribution in [-0.2, 0) is 20.1 Å². The molecule has 0 aliphatic rings. The maximum Gasteiger partial charge on any atom is 0.223 e. The number of rotatable bonds is 4. The number of nitrogens with zero attached hydrogens (tertiary/aromatic N) is 3. The fourth-order valence-corrected chi connectivity index (χ4v) is 1.40. The quantitative estimate of drug-likeness (QED) is 0.811. The van der Waals surface area contributed by atoms with Crippen LogP contribution < -0.4 is 5.32 Å². The minimum absolute atomic E-state index is 0.602. The van der Waals surface area contributed by atoms with Gasteiger partial charge in [-0.3, -0.25) is 0 Å². The van der Waals surface area contributed by atoms with Crippen LogP contribution >= 0.6 is 0 Å². The first kappa shape index (κ1) is 9.92. The molecule has 0 aliphatic heterocycles. The van der Waals surface area contributed by atoms with E-state index in [9.17, 15) is 0 Å². The minimum Gasteiger partial charge on any atom is -0.353 e. The van der Waals surface area contributed by atoms with E-state index < -0.39 is 0 Å². The van der Waals surface area contributed by atoms with Gasteiger partial charge in [-0.05, 0) is 12.1 Å². The smallest absolute Gasteiger partial charge is 0.223 e. The molecule has 0 fully saturated rings. The Bertz CT molecular complexity index is 432. The predicted molar refractivity (Wildman–Crippen MR) is 55.0 cm³/mol. The van der Waals surface area contributed by atoms with Gasteiger partial charge in [0.05, 0.1) is 6.54 Å². The van der Waals surface area contributed by atoms with Crippen molar-refractivity contribution in [1.82, 2.24) is 20.0 Å². The van der Waals surface area contributed by atoms with Crippen LogP contribution in [0.25, 0.3) is 0 Å². The van der Waals surface area contributed by atoms with Crippen molar-refractivity contribution in [2.45, 2.75) is 20.0 Å². The molecule has 2 heterocycles. The minimum atomic E-state index is 0.602. The number of hydrogen-bond acceptors (Lipinski definition) is 4. The highest BCUT2D eigenvalue weighted by Crippen LogP contribution is 1.99. The molecule has 2 rings (SSSR count). The second-order valence-corrected chi connectivity index (χ2v) is 3.44. The number of nitrogens with one attached hydrogen (secondary N) is 1. The molecule has 0 unspecified atom stereocenters. The van der Waals surface area contributed by atoms with Gasteiger partial charge in [0, 0.05) is 32.4 Å². The fraction of sp³-hybridized carbons (Fsp3) is 0.400. The Hall–Kier alpha value is -1.62. The van der Waals surface area contributed by atoms with E-state index in [2.05, 4.69) is 26.1 Å². The summed E-state index contributed by atoms with van der Waals surface area (Å²) in [6.07, 6.45) is 2.02. The van der Waals surface area contributed by atoms with Crippen molar-refractivity contribution in [3.05, 3.63) is 35.7 Å². The van der Waals surface area contributed by atoms with Gasteiger partial charge >= 0.3 is 0 Å². The maximum absolute atomic E-state index is 4.87. The molecular weight excluding hydrogens is 192 g/mol. The summed E-state index contributed by atoms with van der Waals surface area (Å²) in [5.74, 6) is 1.30. The Morgan fingerprint density at radius 2 is 2.33 bits per heavy atom. The van der Waals surface area contributed by atoms with Crippen LogP contribution in [0.3, 0.4) is 0 Å². The summed E-state index contributed by atoms with van der Waals surface area (Å²) in [5, 5.41) is 7.05. The molecule has 0 bridgehead atoms. The number of aromatic nitrogens is 3. The second-order valence-electron chi connectivity index (χ2n) is 3.44. The molecule has 0 radical (unpaired) electrons. The van der Waals surface area contributed by atoms with Crippen LogP contribution in [-0.4, -0.2) is 14.7 Å². The van der Waals surface area contributed by atoms with Crippen molar-refractivity contribution >= 4 is 0 Å². The van der Waals surface area contributed by atoms with E-state index >= 15 is 0 Å². The van der Waals surface area contributed by atoms with Gasteiger partial charge in [-0.15, -0.1) is 0 Å². The van der Waals surface area contributed by atoms with Crippen LogP contribution in [0.15, 0.2) is 22.9 Å². The van der Waals surface area contributed by atoms with Crippen molar-refractivity contribution in [3.63, 3.8) is 0 Å². The Labute approximate surface area is 88.1 Å². The van der Waals surface area contributed by atoms with E-state index in [0.717, 1.165) is 6.54 Å². The molecule has 0 aromatic carbocycles. The highest BCUT2D eigenvalue weighted by atomic mass is 16.5. The summed E-state index contributed by atoms with van der Waals surface area (Å²) in [7, 11) is 2.02. The van der Waals surface area contributed by atoms with Gasteiger partial charge in [-0.25, -0.2) is 0 Å². The van der Waals surface area contributed by atoms with E-state index in [0.29, 0.717) is 18.3 Å². The van der Waals surface area contributed by atoms with Crippen LogP contribution in [0.2, 0.25) is 0 Å². The molecule has 0 atom stereocenters. The third-order valence-corrected chi connectivity index (χ3v) is 2.21. The summed E-state index contributed by atoms with van der Waals surface area (Å²) in [6, 6.07) is 4.10. The molecule has 5 heteroatoms.